The van der Waals surface area contributed by atoms with Gasteiger partial charge < -0.3 is 14.4 Å². The van der Waals surface area contributed by atoms with E-state index in [0.717, 1.165) is 28.6 Å². The van der Waals surface area contributed by atoms with E-state index >= 15 is 0 Å². The minimum Gasteiger partial charge on any atom is -0.497 e. The van der Waals surface area contributed by atoms with Crippen molar-refractivity contribution in [3.63, 3.8) is 0 Å². The molecule has 2 aromatic carbocycles. The third kappa shape index (κ3) is 4.64. The summed E-state index contributed by atoms with van der Waals surface area (Å²) in [6.07, 6.45) is 1.25. The molecule has 2 aromatic rings. The Balaban J connectivity index is 1.98. The van der Waals surface area contributed by atoms with Crippen molar-refractivity contribution in [1.82, 2.24) is 4.90 Å². The lowest BCUT2D eigenvalue weighted by Gasteiger charge is -2.38. The molecule has 3 rings (SSSR count). The molecule has 0 radical (unpaired) electrons. The smallest absolute Gasteiger partial charge is 0.410 e. The number of halogens is 1. The van der Waals surface area contributed by atoms with Gasteiger partial charge in [0.25, 0.3) is 0 Å². The van der Waals surface area contributed by atoms with Crippen LogP contribution < -0.4 is 4.74 Å². The van der Waals surface area contributed by atoms with Gasteiger partial charge in [-0.25, -0.2) is 4.79 Å². The molecular weight excluding hydrogens is 406 g/mol. The highest BCUT2D eigenvalue weighted by Gasteiger charge is 2.34. The predicted octanol–water partition coefficient (Wildman–Crippen LogP) is 5.53. The fourth-order valence-corrected chi connectivity index (χ4v) is 3.89. The SMILES string of the molecule is COc1ccc2c(c1)CCN(C(=O)OC(C)(C)C)C2Cc1ccccc1Br. The maximum Gasteiger partial charge on any atom is 0.410 e. The van der Waals surface area contributed by atoms with Gasteiger partial charge in [0.05, 0.1) is 13.2 Å². The lowest BCUT2D eigenvalue weighted by atomic mass is 9.88. The molecule has 0 aromatic heterocycles. The minimum atomic E-state index is -0.519. The molecular formula is C22H26BrNO3. The highest BCUT2D eigenvalue weighted by Crippen LogP contribution is 2.36. The number of benzene rings is 2. The monoisotopic (exact) mass is 431 g/mol. The molecule has 1 aliphatic rings. The van der Waals surface area contributed by atoms with Gasteiger partial charge in [0.15, 0.2) is 0 Å². The largest absolute Gasteiger partial charge is 0.497 e. The second-order valence-corrected chi connectivity index (χ2v) is 8.65. The molecule has 1 aliphatic heterocycles. The summed E-state index contributed by atoms with van der Waals surface area (Å²) in [5.74, 6) is 0.846. The molecule has 0 saturated heterocycles. The van der Waals surface area contributed by atoms with E-state index < -0.39 is 5.60 Å². The summed E-state index contributed by atoms with van der Waals surface area (Å²) in [4.78, 5) is 14.8. The lowest BCUT2D eigenvalue weighted by molar-refractivity contribution is 0.0141. The first-order valence-corrected chi connectivity index (χ1v) is 9.97. The summed E-state index contributed by atoms with van der Waals surface area (Å²) in [5, 5.41) is 0. The van der Waals surface area contributed by atoms with Crippen molar-refractivity contribution < 1.29 is 14.3 Å². The maximum atomic E-state index is 12.9. The number of hydrogen-bond donors (Lipinski definition) is 0. The zero-order valence-corrected chi connectivity index (χ0v) is 17.9. The van der Waals surface area contributed by atoms with Crippen LogP contribution in [0.3, 0.4) is 0 Å². The molecule has 0 saturated carbocycles. The van der Waals surface area contributed by atoms with E-state index in [4.69, 9.17) is 9.47 Å². The molecule has 1 unspecified atom stereocenters. The quantitative estimate of drug-likeness (QED) is 0.640. The Bertz CT molecular complexity index is 829. The first kappa shape index (κ1) is 19.7. The molecule has 0 aliphatic carbocycles. The van der Waals surface area contributed by atoms with Gasteiger partial charge in [-0.2, -0.15) is 0 Å². The van der Waals surface area contributed by atoms with Crippen LogP contribution in [0.2, 0.25) is 0 Å². The average Bonchev–Trinajstić information content (AvgIpc) is 2.61. The normalized spacial score (nSPS) is 16.6. The Morgan fingerprint density at radius 3 is 2.63 bits per heavy atom. The Morgan fingerprint density at radius 1 is 1.22 bits per heavy atom. The lowest BCUT2D eigenvalue weighted by Crippen LogP contribution is -2.43. The van der Waals surface area contributed by atoms with Crippen molar-refractivity contribution in [2.75, 3.05) is 13.7 Å². The fraction of sp³-hybridized carbons (Fsp3) is 0.409. The maximum absolute atomic E-state index is 12.9. The minimum absolute atomic E-state index is 0.0757. The summed E-state index contributed by atoms with van der Waals surface area (Å²) < 4.78 is 12.1. The summed E-state index contributed by atoms with van der Waals surface area (Å²) >= 11 is 3.64. The number of ether oxygens (including phenoxy) is 2. The van der Waals surface area contributed by atoms with Crippen molar-refractivity contribution in [2.24, 2.45) is 0 Å². The Labute approximate surface area is 169 Å². The standard InChI is InChI=1S/C22H26BrNO3/c1-22(2,3)27-21(25)24-12-11-15-13-17(26-4)9-10-18(15)20(24)14-16-7-5-6-8-19(16)23/h5-10,13,20H,11-12,14H2,1-4H3. The number of nitrogens with zero attached hydrogens (tertiary/aromatic N) is 1. The number of carbonyl (C=O) groups is 1. The van der Waals surface area contributed by atoms with Crippen LogP contribution in [-0.2, 0) is 17.6 Å². The molecule has 0 N–H and O–H groups in total. The molecule has 4 nitrogen and oxygen atoms in total. The molecule has 5 heteroatoms. The van der Waals surface area contributed by atoms with E-state index in [1.54, 1.807) is 7.11 Å². The van der Waals surface area contributed by atoms with Crippen molar-refractivity contribution in [2.45, 2.75) is 45.3 Å². The Hall–Kier alpha value is -2.01. The van der Waals surface area contributed by atoms with Gasteiger partial charge in [0, 0.05) is 11.0 Å². The molecule has 144 valence electrons. The van der Waals surface area contributed by atoms with E-state index in [-0.39, 0.29) is 12.1 Å². The van der Waals surface area contributed by atoms with Gasteiger partial charge in [0.2, 0.25) is 0 Å². The van der Waals surface area contributed by atoms with E-state index in [1.807, 2.05) is 49.9 Å². The van der Waals surface area contributed by atoms with Gasteiger partial charge >= 0.3 is 6.09 Å². The van der Waals surface area contributed by atoms with Gasteiger partial charge in [-0.1, -0.05) is 40.2 Å². The number of amides is 1. The van der Waals surface area contributed by atoms with Crippen LogP contribution in [0.5, 0.6) is 5.75 Å². The van der Waals surface area contributed by atoms with Gasteiger partial charge in [-0.05, 0) is 68.5 Å². The number of hydrogen-bond acceptors (Lipinski definition) is 3. The van der Waals surface area contributed by atoms with Crippen molar-refractivity contribution >= 4 is 22.0 Å². The summed E-state index contributed by atoms with van der Waals surface area (Å²) in [6.45, 7) is 6.33. The number of carbonyl (C=O) groups excluding carboxylic acids is 1. The summed E-state index contributed by atoms with van der Waals surface area (Å²) in [5.41, 5.74) is 3.03. The van der Waals surface area contributed by atoms with Crippen LogP contribution >= 0.6 is 15.9 Å². The second kappa shape index (κ2) is 7.93. The Morgan fingerprint density at radius 2 is 1.96 bits per heavy atom. The second-order valence-electron chi connectivity index (χ2n) is 7.80. The van der Waals surface area contributed by atoms with Crippen LogP contribution in [0, 0.1) is 0 Å². The van der Waals surface area contributed by atoms with Gasteiger partial charge in [-0.3, -0.25) is 0 Å². The molecule has 0 bridgehead atoms. The zero-order valence-electron chi connectivity index (χ0n) is 16.3. The molecule has 1 amide bonds. The Kier molecular flexibility index (Phi) is 5.80. The van der Waals surface area contributed by atoms with E-state index in [2.05, 4.69) is 34.1 Å². The number of fused-ring (bicyclic) bond motifs is 1. The predicted molar refractivity (Wildman–Crippen MR) is 110 cm³/mol. The van der Waals surface area contributed by atoms with Crippen molar-refractivity contribution in [3.05, 3.63) is 63.6 Å². The fourth-order valence-electron chi connectivity index (χ4n) is 3.45. The van der Waals surface area contributed by atoms with Crippen LogP contribution in [-0.4, -0.2) is 30.2 Å². The number of rotatable bonds is 3. The van der Waals surface area contributed by atoms with E-state index in [0.29, 0.717) is 6.54 Å². The molecule has 1 atom stereocenters. The third-order valence-electron chi connectivity index (χ3n) is 4.71. The van der Waals surface area contributed by atoms with Crippen molar-refractivity contribution in [1.29, 1.82) is 0 Å². The summed E-state index contributed by atoms with van der Waals surface area (Å²) in [7, 11) is 1.68. The molecule has 1 heterocycles. The van der Waals surface area contributed by atoms with Gasteiger partial charge in [0.1, 0.15) is 11.4 Å². The third-order valence-corrected chi connectivity index (χ3v) is 5.48. The first-order chi connectivity index (χ1) is 12.8. The average molecular weight is 432 g/mol. The topological polar surface area (TPSA) is 38.8 Å². The molecule has 0 spiro atoms. The van der Waals surface area contributed by atoms with E-state index in [1.165, 1.54) is 11.1 Å². The van der Waals surface area contributed by atoms with Crippen LogP contribution in [0.4, 0.5) is 4.79 Å². The number of methoxy groups -OCH3 is 1. The molecule has 27 heavy (non-hydrogen) atoms. The van der Waals surface area contributed by atoms with E-state index in [9.17, 15) is 4.79 Å². The highest BCUT2D eigenvalue weighted by molar-refractivity contribution is 9.10. The van der Waals surface area contributed by atoms with Crippen molar-refractivity contribution in [3.8, 4) is 5.75 Å². The van der Waals surface area contributed by atoms with Gasteiger partial charge in [-0.15, -0.1) is 0 Å². The highest BCUT2D eigenvalue weighted by atomic mass is 79.9. The van der Waals surface area contributed by atoms with Crippen LogP contribution in [0.15, 0.2) is 46.9 Å². The summed E-state index contributed by atoms with van der Waals surface area (Å²) in [6, 6.07) is 14.2. The van der Waals surface area contributed by atoms with Crippen LogP contribution in [0.25, 0.3) is 0 Å². The molecule has 0 fully saturated rings. The first-order valence-electron chi connectivity index (χ1n) is 9.18. The van der Waals surface area contributed by atoms with Crippen LogP contribution in [0.1, 0.15) is 43.5 Å². The zero-order chi connectivity index (χ0) is 19.6.